The van der Waals surface area contributed by atoms with E-state index in [1.807, 2.05) is 18.7 Å². The van der Waals surface area contributed by atoms with Gasteiger partial charge in [-0.2, -0.15) is 0 Å². The quantitative estimate of drug-likeness (QED) is 0.549. The molecule has 0 aliphatic rings. The summed E-state index contributed by atoms with van der Waals surface area (Å²) in [7, 11) is 1.38. The third-order valence-electron chi connectivity index (χ3n) is 4.04. The van der Waals surface area contributed by atoms with Crippen LogP contribution in [0.5, 0.6) is 0 Å². The van der Waals surface area contributed by atoms with Gasteiger partial charge in [-0.05, 0) is 25.9 Å². The topological polar surface area (TPSA) is 49.9 Å². The number of hydrogen-bond acceptors (Lipinski definition) is 4. The molecule has 124 valence electrons. The van der Waals surface area contributed by atoms with Gasteiger partial charge in [-0.1, -0.05) is 27.7 Å². The molecule has 0 saturated heterocycles. The van der Waals surface area contributed by atoms with E-state index in [1.165, 1.54) is 7.11 Å². The first-order chi connectivity index (χ1) is 10.0. The van der Waals surface area contributed by atoms with Gasteiger partial charge in [0.15, 0.2) is 0 Å². The molecule has 0 fully saturated rings. The molecule has 1 amide bonds. The van der Waals surface area contributed by atoms with Gasteiger partial charge in [-0.15, -0.1) is 0 Å². The summed E-state index contributed by atoms with van der Waals surface area (Å²) in [4.78, 5) is 28.0. The Balaban J connectivity index is 4.66. The van der Waals surface area contributed by atoms with Crippen molar-refractivity contribution in [1.29, 1.82) is 0 Å². The third-order valence-corrected chi connectivity index (χ3v) is 4.04. The molecule has 0 atom stereocenters. The molecule has 21 heavy (non-hydrogen) atoms. The Kier molecular flexibility index (Phi) is 10.9. The molecule has 0 aliphatic carbocycles. The zero-order valence-corrected chi connectivity index (χ0v) is 14.4. The van der Waals surface area contributed by atoms with Gasteiger partial charge >= 0.3 is 5.97 Å². The summed E-state index contributed by atoms with van der Waals surface area (Å²) >= 11 is 0. The van der Waals surface area contributed by atoms with E-state index < -0.39 is 0 Å². The second-order valence-corrected chi connectivity index (χ2v) is 5.19. The maximum absolute atomic E-state index is 12.6. The molecule has 0 bridgehead atoms. The van der Waals surface area contributed by atoms with Crippen molar-refractivity contribution in [3.63, 3.8) is 0 Å². The lowest BCUT2D eigenvalue weighted by Gasteiger charge is -2.29. The van der Waals surface area contributed by atoms with E-state index >= 15 is 0 Å². The number of amides is 1. The number of carbonyl (C=O) groups excluding carboxylic acids is 2. The number of nitrogens with zero attached hydrogens (tertiary/aromatic N) is 2. The lowest BCUT2D eigenvalue weighted by Crippen LogP contribution is -2.42. The Bertz CT molecular complexity index is 300. The number of carbonyl (C=O) groups is 2. The molecule has 0 radical (unpaired) electrons. The average Bonchev–Trinajstić information content (AvgIpc) is 2.51. The van der Waals surface area contributed by atoms with Crippen molar-refractivity contribution >= 4 is 11.9 Å². The highest BCUT2D eigenvalue weighted by Crippen LogP contribution is 2.12. The first-order valence-electron chi connectivity index (χ1n) is 8.11. The van der Waals surface area contributed by atoms with Crippen LogP contribution in [0.4, 0.5) is 0 Å². The Morgan fingerprint density at radius 2 is 1.52 bits per heavy atom. The Hall–Kier alpha value is -1.10. The van der Waals surface area contributed by atoms with Crippen molar-refractivity contribution in [3.05, 3.63) is 0 Å². The van der Waals surface area contributed by atoms with Crippen LogP contribution in [-0.4, -0.2) is 61.5 Å². The number of ether oxygens (including phenoxy) is 1. The molecule has 0 N–H and O–H groups in total. The van der Waals surface area contributed by atoms with Crippen molar-refractivity contribution in [1.82, 2.24) is 9.80 Å². The smallest absolute Gasteiger partial charge is 0.307 e. The van der Waals surface area contributed by atoms with Gasteiger partial charge in [0, 0.05) is 25.6 Å². The predicted octanol–water partition coefficient (Wildman–Crippen LogP) is 2.16. The van der Waals surface area contributed by atoms with Crippen LogP contribution in [0.2, 0.25) is 0 Å². The van der Waals surface area contributed by atoms with Crippen molar-refractivity contribution < 1.29 is 14.3 Å². The summed E-state index contributed by atoms with van der Waals surface area (Å²) in [6.07, 6.45) is 1.95. The highest BCUT2D eigenvalue weighted by atomic mass is 16.5. The van der Waals surface area contributed by atoms with Gasteiger partial charge in [0.25, 0.3) is 0 Å². The van der Waals surface area contributed by atoms with Crippen molar-refractivity contribution in [2.75, 3.05) is 39.8 Å². The fourth-order valence-corrected chi connectivity index (χ4v) is 2.36. The van der Waals surface area contributed by atoms with Crippen molar-refractivity contribution in [2.45, 2.75) is 47.0 Å². The van der Waals surface area contributed by atoms with Crippen LogP contribution >= 0.6 is 0 Å². The number of likely N-dealkylation sites (N-methyl/N-ethyl adjacent to an activating group) is 1. The van der Waals surface area contributed by atoms with E-state index in [0.29, 0.717) is 13.1 Å². The largest absolute Gasteiger partial charge is 0.469 e. The normalized spacial score (nSPS) is 11.0. The molecule has 0 aliphatic heterocycles. The maximum Gasteiger partial charge on any atom is 0.307 e. The first-order valence-corrected chi connectivity index (χ1v) is 8.11. The fraction of sp³-hybridized carbons (Fsp3) is 0.875. The minimum Gasteiger partial charge on any atom is -0.469 e. The van der Waals surface area contributed by atoms with E-state index in [4.69, 9.17) is 0 Å². The molecule has 0 heterocycles. The molecular formula is C16H32N2O3. The summed E-state index contributed by atoms with van der Waals surface area (Å²) in [5, 5.41) is 0. The molecular weight excluding hydrogens is 268 g/mol. The molecule has 0 aromatic rings. The van der Waals surface area contributed by atoms with Crippen LogP contribution in [0.25, 0.3) is 0 Å². The summed E-state index contributed by atoms with van der Waals surface area (Å²) < 4.78 is 4.67. The minimum atomic E-state index is -0.264. The number of hydrogen-bond donors (Lipinski definition) is 0. The Morgan fingerprint density at radius 1 is 0.952 bits per heavy atom. The third kappa shape index (κ3) is 7.46. The average molecular weight is 300 g/mol. The van der Waals surface area contributed by atoms with Crippen LogP contribution in [0, 0.1) is 5.92 Å². The van der Waals surface area contributed by atoms with E-state index in [2.05, 4.69) is 23.5 Å². The van der Waals surface area contributed by atoms with Gasteiger partial charge in [-0.25, -0.2) is 0 Å². The number of esters is 1. The molecule has 0 saturated carbocycles. The molecule has 0 spiro atoms. The van der Waals surface area contributed by atoms with Crippen LogP contribution < -0.4 is 0 Å². The molecule has 0 aromatic heterocycles. The first kappa shape index (κ1) is 19.9. The highest BCUT2D eigenvalue weighted by Gasteiger charge is 2.22. The van der Waals surface area contributed by atoms with Gasteiger partial charge in [-0.3, -0.25) is 9.59 Å². The summed E-state index contributed by atoms with van der Waals surface area (Å²) in [6, 6.07) is 0. The second kappa shape index (κ2) is 11.5. The van der Waals surface area contributed by atoms with Crippen LogP contribution in [0.15, 0.2) is 0 Å². The number of rotatable bonds is 11. The highest BCUT2D eigenvalue weighted by molar-refractivity contribution is 5.79. The Labute approximate surface area is 129 Å². The molecule has 0 aromatic carbocycles. The minimum absolute atomic E-state index is 0.0550. The standard InChI is InChI=1S/C16H32N2O3/c1-6-14(7-2)16(20)18(11-10-15(19)21-5)13-12-17(8-3)9-4/h14H,6-13H2,1-5H3. The van der Waals surface area contributed by atoms with Crippen molar-refractivity contribution in [2.24, 2.45) is 5.92 Å². The van der Waals surface area contributed by atoms with Gasteiger partial charge in [0.05, 0.1) is 13.5 Å². The molecule has 0 unspecified atom stereocenters. The Morgan fingerprint density at radius 3 is 1.95 bits per heavy atom. The predicted molar refractivity (Wildman–Crippen MR) is 85.1 cm³/mol. The molecule has 0 rings (SSSR count). The summed E-state index contributed by atoms with van der Waals surface area (Å²) in [5.74, 6) is -0.0457. The molecule has 5 heteroatoms. The van der Waals surface area contributed by atoms with Gasteiger partial charge in [0.2, 0.25) is 5.91 Å². The zero-order valence-electron chi connectivity index (χ0n) is 14.4. The van der Waals surface area contributed by atoms with Gasteiger partial charge < -0.3 is 14.5 Å². The fourth-order valence-electron chi connectivity index (χ4n) is 2.36. The van der Waals surface area contributed by atoms with Gasteiger partial charge in [0.1, 0.15) is 0 Å². The van der Waals surface area contributed by atoms with Crippen LogP contribution in [0.3, 0.4) is 0 Å². The second-order valence-electron chi connectivity index (χ2n) is 5.19. The van der Waals surface area contributed by atoms with Crippen LogP contribution in [-0.2, 0) is 14.3 Å². The van der Waals surface area contributed by atoms with E-state index in [-0.39, 0.29) is 24.2 Å². The van der Waals surface area contributed by atoms with E-state index in [0.717, 1.165) is 32.5 Å². The lowest BCUT2D eigenvalue weighted by atomic mass is 10.0. The van der Waals surface area contributed by atoms with Crippen molar-refractivity contribution in [3.8, 4) is 0 Å². The SMILES string of the molecule is CCC(CC)C(=O)N(CCC(=O)OC)CCN(CC)CC. The van der Waals surface area contributed by atoms with E-state index in [9.17, 15) is 9.59 Å². The maximum atomic E-state index is 12.6. The number of methoxy groups -OCH3 is 1. The summed E-state index contributed by atoms with van der Waals surface area (Å²) in [5.41, 5.74) is 0. The zero-order chi connectivity index (χ0) is 16.3. The van der Waals surface area contributed by atoms with E-state index in [1.54, 1.807) is 0 Å². The molecule has 5 nitrogen and oxygen atoms in total. The lowest BCUT2D eigenvalue weighted by molar-refractivity contribution is -0.142. The summed E-state index contributed by atoms with van der Waals surface area (Å²) in [6.45, 7) is 12.2. The monoisotopic (exact) mass is 300 g/mol. The van der Waals surface area contributed by atoms with Crippen LogP contribution in [0.1, 0.15) is 47.0 Å².